The monoisotopic (exact) mass is 895 g/mol. The van der Waals surface area contributed by atoms with Gasteiger partial charge in [-0.15, -0.1) is 0 Å². The fraction of sp³-hybridized carbons (Fsp3) is 0.708. The number of Topliss-reactive ketones (excluding diaryl/α,β-unsaturated/α-hetero) is 2. The van der Waals surface area contributed by atoms with Gasteiger partial charge in [-0.05, 0) is 111 Å². The zero-order chi connectivity index (χ0) is 47.2. The number of ketones is 2. The first-order valence-electron chi connectivity index (χ1n) is 23.0. The second-order valence-corrected chi connectivity index (χ2v) is 19.5. The van der Waals surface area contributed by atoms with Gasteiger partial charge in [-0.1, -0.05) is 33.8 Å². The van der Waals surface area contributed by atoms with E-state index in [1.54, 1.807) is 52.5 Å². The lowest BCUT2D eigenvalue weighted by atomic mass is 9.73. The highest BCUT2D eigenvalue weighted by atomic mass is 16.7. The van der Waals surface area contributed by atoms with Gasteiger partial charge in [0.05, 0.1) is 29.4 Å². The van der Waals surface area contributed by atoms with Crippen molar-refractivity contribution in [2.75, 3.05) is 27.7 Å². The van der Waals surface area contributed by atoms with Crippen molar-refractivity contribution in [2.45, 2.75) is 167 Å². The van der Waals surface area contributed by atoms with E-state index < -0.39 is 94.8 Å². The first kappa shape index (κ1) is 49.2. The lowest BCUT2D eigenvalue weighted by molar-refractivity contribution is -0.295. The van der Waals surface area contributed by atoms with Gasteiger partial charge < -0.3 is 48.3 Å². The van der Waals surface area contributed by atoms with Gasteiger partial charge in [-0.2, -0.15) is 0 Å². The number of esters is 1. The van der Waals surface area contributed by atoms with Crippen LogP contribution in [0.5, 0.6) is 0 Å². The van der Waals surface area contributed by atoms with Gasteiger partial charge in [-0.3, -0.25) is 19.2 Å². The van der Waals surface area contributed by atoms with Gasteiger partial charge >= 0.3 is 18.0 Å². The number of carbonyl (C=O) groups is 5. The minimum Gasteiger partial charge on any atom is -0.477 e. The van der Waals surface area contributed by atoms with E-state index in [0.717, 1.165) is 18.4 Å². The molecule has 0 spiro atoms. The quantitative estimate of drug-likeness (QED) is 0.152. The fourth-order valence-electron chi connectivity index (χ4n) is 10.7. The molecule has 0 bridgehead atoms. The highest BCUT2D eigenvalue weighted by Gasteiger charge is 2.60. The Morgan fingerprint density at radius 3 is 2.28 bits per heavy atom. The Hall–Kier alpha value is -4.22. The van der Waals surface area contributed by atoms with Crippen LogP contribution in [0.1, 0.15) is 122 Å². The minimum atomic E-state index is -1.46. The molecule has 4 aliphatic rings. The van der Waals surface area contributed by atoms with Crippen LogP contribution in [0.3, 0.4) is 0 Å². The molecule has 4 heterocycles. The molecule has 3 saturated heterocycles. The van der Waals surface area contributed by atoms with Crippen molar-refractivity contribution in [2.24, 2.45) is 23.7 Å². The molecule has 1 aliphatic carbocycles. The number of hydrogen-bond donors (Lipinski definition) is 2. The summed E-state index contributed by atoms with van der Waals surface area (Å²) in [6.07, 6.45) is 0.642. The highest BCUT2D eigenvalue weighted by Crippen LogP contribution is 2.43. The average Bonchev–Trinajstić information content (AvgIpc) is 4.06. The summed E-state index contributed by atoms with van der Waals surface area (Å²) in [5.74, 6) is -6.47. The molecule has 64 heavy (non-hydrogen) atoms. The number of fused-ring (bicyclic) bond motifs is 2. The predicted octanol–water partition coefficient (Wildman–Crippen LogP) is 5.56. The third-order valence-corrected chi connectivity index (χ3v) is 14.5. The summed E-state index contributed by atoms with van der Waals surface area (Å²) in [5, 5.41) is 21.5. The van der Waals surface area contributed by atoms with E-state index in [1.165, 1.54) is 20.2 Å². The number of aryl methyl sites for hydroxylation is 1. The average molecular weight is 896 g/mol. The van der Waals surface area contributed by atoms with Crippen LogP contribution < -0.4 is 5.43 Å². The van der Waals surface area contributed by atoms with Crippen molar-refractivity contribution in [3.05, 3.63) is 45.7 Å². The molecule has 0 unspecified atom stereocenters. The molecule has 1 aromatic heterocycles. The summed E-state index contributed by atoms with van der Waals surface area (Å²) in [7, 11) is 5.20. The fourth-order valence-corrected chi connectivity index (χ4v) is 10.7. The lowest BCUT2D eigenvalue weighted by Crippen LogP contribution is -2.60. The molecule has 4 fully saturated rings. The number of aromatic nitrogens is 1. The molecule has 3 aliphatic heterocycles. The number of aliphatic hydroxyl groups excluding tert-OH is 1. The van der Waals surface area contributed by atoms with Crippen LogP contribution in [0.25, 0.3) is 10.9 Å². The number of rotatable bonds is 12. The Bertz CT molecular complexity index is 2150. The maximum absolute atomic E-state index is 14.8. The van der Waals surface area contributed by atoms with Crippen LogP contribution in [0.2, 0.25) is 0 Å². The topological polar surface area (TPSA) is 200 Å². The number of aromatic carboxylic acids is 1. The zero-order valence-corrected chi connectivity index (χ0v) is 39.3. The molecule has 0 radical (unpaired) electrons. The normalized spacial score (nSPS) is 35.6. The Morgan fingerprint density at radius 1 is 0.984 bits per heavy atom. The summed E-state index contributed by atoms with van der Waals surface area (Å²) in [4.78, 5) is 85.6. The second-order valence-electron chi connectivity index (χ2n) is 19.5. The number of methoxy groups -OCH3 is 1. The molecule has 1 amide bonds. The van der Waals surface area contributed by atoms with E-state index >= 15 is 0 Å². The van der Waals surface area contributed by atoms with Crippen molar-refractivity contribution in [1.82, 2.24) is 14.4 Å². The van der Waals surface area contributed by atoms with E-state index in [1.807, 2.05) is 42.6 Å². The van der Waals surface area contributed by atoms with Gasteiger partial charge in [0.25, 0.3) is 0 Å². The van der Waals surface area contributed by atoms with Crippen LogP contribution in [0.15, 0.2) is 29.2 Å². The first-order chi connectivity index (χ1) is 30.1. The molecule has 2 N–H and O–H groups in total. The number of aliphatic hydroxyl groups is 1. The first-order valence-corrected chi connectivity index (χ1v) is 23.0. The number of amides is 1. The van der Waals surface area contributed by atoms with Gasteiger partial charge in [0.2, 0.25) is 5.43 Å². The summed E-state index contributed by atoms with van der Waals surface area (Å²) in [6, 6.07) is 4.43. The third-order valence-electron chi connectivity index (χ3n) is 14.5. The maximum atomic E-state index is 14.8. The van der Waals surface area contributed by atoms with Crippen molar-refractivity contribution in [3.63, 3.8) is 0 Å². The van der Waals surface area contributed by atoms with Gasteiger partial charge in [0.15, 0.2) is 17.7 Å². The minimum absolute atomic E-state index is 0.0939. The van der Waals surface area contributed by atoms with Crippen molar-refractivity contribution >= 4 is 40.5 Å². The molecule has 1 saturated carbocycles. The Morgan fingerprint density at radius 2 is 1.67 bits per heavy atom. The number of unbranched alkanes of at least 4 members (excludes halogenated alkanes) is 1. The zero-order valence-electron chi connectivity index (χ0n) is 39.3. The number of benzene rings is 1. The maximum Gasteiger partial charge on any atom is 0.410 e. The van der Waals surface area contributed by atoms with Crippen LogP contribution in [0.4, 0.5) is 4.79 Å². The number of hydrogen-bond acceptors (Lipinski definition) is 13. The number of ether oxygens (including phenoxy) is 5. The van der Waals surface area contributed by atoms with E-state index in [9.17, 15) is 39.0 Å². The van der Waals surface area contributed by atoms with E-state index in [-0.39, 0.29) is 48.9 Å². The molecule has 6 rings (SSSR count). The molecular formula is C48H69N3O13. The number of nitrogens with zero attached hydrogens (tertiary/aromatic N) is 3. The number of carbonyl (C=O) groups excluding carboxylic acids is 4. The SMILES string of the molecule is CC[C@H]1OC(=O)[C@H](C)C(=O)[C@H](C)[C@@H](O[C@@H]2O[C@H](C)C[C@H](N(C)C)[C@H]2O)[C@](C)(OC)C[C@@H](C)C(=O)[C@H](C)[C@H]2N(CCCCc3ccc4c(=O)c(C(=O)O)cn(C5CC5)c4c3)C(=O)O[C@]12C. The van der Waals surface area contributed by atoms with E-state index in [0.29, 0.717) is 36.6 Å². The van der Waals surface area contributed by atoms with Crippen molar-refractivity contribution < 1.29 is 57.9 Å². The third kappa shape index (κ3) is 9.53. The van der Waals surface area contributed by atoms with E-state index in [2.05, 4.69) is 0 Å². The Labute approximate surface area is 375 Å². The molecule has 354 valence electrons. The molecule has 2 aromatic rings. The smallest absolute Gasteiger partial charge is 0.410 e. The number of pyridine rings is 1. The van der Waals surface area contributed by atoms with Crippen molar-refractivity contribution in [1.29, 1.82) is 0 Å². The molecule has 13 atom stereocenters. The van der Waals surface area contributed by atoms with Gasteiger partial charge in [-0.25, -0.2) is 9.59 Å². The largest absolute Gasteiger partial charge is 0.477 e. The number of cyclic esters (lactones) is 1. The Kier molecular flexibility index (Phi) is 14.9. The molecule has 16 nitrogen and oxygen atoms in total. The standard InChI is InChI=1S/C48H69N3O13/c1-12-36-48(8)41(50(46(59)64-48)20-14-13-15-30-16-19-32-34(22-30)51(31-17-18-31)24-33(39(32)54)43(56)57)27(4)37(52)25(2)23-47(7,60-11)42(28(5)38(53)29(6)44(58)62-36)63-45-40(55)35(49(9)10)21-26(3)61-45/h16,19,22,24-29,31,35-36,40-42,45,55H,12-15,17-18,20-21,23H2,1-11H3,(H,56,57)/t25-,26-,27+,28+,29-,35+,36-,40-,41-,42-,45+,47-,48-/m1/s1. The predicted molar refractivity (Wildman–Crippen MR) is 236 cm³/mol. The van der Waals surface area contributed by atoms with Crippen LogP contribution >= 0.6 is 0 Å². The van der Waals surface area contributed by atoms with E-state index in [4.69, 9.17) is 23.7 Å². The number of carboxylic acids is 1. The van der Waals surface area contributed by atoms with Crippen LogP contribution in [-0.2, 0) is 44.5 Å². The lowest BCUT2D eigenvalue weighted by Gasteiger charge is -2.47. The van der Waals surface area contributed by atoms with Crippen LogP contribution in [-0.4, -0.2) is 136 Å². The Balaban J connectivity index is 1.28. The van der Waals surface area contributed by atoms with Crippen molar-refractivity contribution in [3.8, 4) is 0 Å². The number of carboxylic acid groups (broad SMARTS) is 1. The number of likely N-dealkylation sites (N-methyl/N-ethyl adjacent to an activating group) is 1. The summed E-state index contributed by atoms with van der Waals surface area (Å²) in [6.45, 7) is 14.0. The molecule has 16 heteroatoms. The summed E-state index contributed by atoms with van der Waals surface area (Å²) >= 11 is 0. The highest BCUT2D eigenvalue weighted by molar-refractivity contribution is 6.00. The van der Waals surface area contributed by atoms with Gasteiger partial charge in [0.1, 0.15) is 29.5 Å². The summed E-state index contributed by atoms with van der Waals surface area (Å²) < 4.78 is 33.2. The van der Waals surface area contributed by atoms with Gasteiger partial charge in [0, 0.05) is 55.1 Å². The summed E-state index contributed by atoms with van der Waals surface area (Å²) in [5.41, 5.74) is -1.89. The second kappa shape index (κ2) is 19.3. The molecule has 1 aromatic carbocycles. The molecular weight excluding hydrogens is 827 g/mol. The van der Waals surface area contributed by atoms with Crippen LogP contribution in [0, 0.1) is 23.7 Å².